The Bertz CT molecular complexity index is 500. The third kappa shape index (κ3) is 3.77. The molecule has 2 aromatic heterocycles. The summed E-state index contributed by atoms with van der Waals surface area (Å²) in [5, 5.41) is 10.3. The number of aromatic amines is 1. The van der Waals surface area contributed by atoms with Crippen molar-refractivity contribution in [3.05, 3.63) is 36.2 Å². The number of aromatic nitrogens is 4. The minimum atomic E-state index is -0.0462. The van der Waals surface area contributed by atoms with Gasteiger partial charge in [0.05, 0.1) is 18.8 Å². The first kappa shape index (κ1) is 14.5. The molecule has 6 nitrogen and oxygen atoms in total. The molecule has 1 atom stereocenters. The van der Waals surface area contributed by atoms with Crippen molar-refractivity contribution in [2.24, 2.45) is 0 Å². The summed E-state index contributed by atoms with van der Waals surface area (Å²) < 4.78 is 5.63. The van der Waals surface area contributed by atoms with Crippen molar-refractivity contribution in [1.29, 1.82) is 0 Å². The normalized spacial score (nSPS) is 12.3. The second kappa shape index (κ2) is 7.59. The number of ether oxygens (including phenoxy) is 1. The zero-order valence-electron chi connectivity index (χ0n) is 12.0. The SMILES string of the molecule is CCCNC(c1cncc(OCCC)c1)c1ncn[nH]1. The number of rotatable bonds is 8. The second-order valence-corrected chi connectivity index (χ2v) is 4.56. The van der Waals surface area contributed by atoms with Gasteiger partial charge in [0, 0.05) is 6.20 Å². The highest BCUT2D eigenvalue weighted by Crippen LogP contribution is 2.21. The van der Waals surface area contributed by atoms with E-state index in [0.717, 1.165) is 36.5 Å². The van der Waals surface area contributed by atoms with Crippen molar-refractivity contribution in [3.8, 4) is 5.75 Å². The molecule has 20 heavy (non-hydrogen) atoms. The summed E-state index contributed by atoms with van der Waals surface area (Å²) in [7, 11) is 0. The molecule has 2 N–H and O–H groups in total. The molecule has 2 heterocycles. The molecule has 6 heteroatoms. The van der Waals surface area contributed by atoms with E-state index in [9.17, 15) is 0 Å². The Morgan fingerprint density at radius 1 is 1.30 bits per heavy atom. The number of hydrogen-bond acceptors (Lipinski definition) is 5. The van der Waals surface area contributed by atoms with Crippen LogP contribution in [-0.2, 0) is 0 Å². The van der Waals surface area contributed by atoms with Crippen LogP contribution < -0.4 is 10.1 Å². The van der Waals surface area contributed by atoms with Crippen LogP contribution in [0, 0.1) is 0 Å². The molecule has 0 aromatic carbocycles. The summed E-state index contributed by atoms with van der Waals surface area (Å²) >= 11 is 0. The van der Waals surface area contributed by atoms with Gasteiger partial charge in [0.2, 0.25) is 0 Å². The lowest BCUT2D eigenvalue weighted by Gasteiger charge is -2.16. The van der Waals surface area contributed by atoms with Crippen LogP contribution in [0.5, 0.6) is 5.75 Å². The van der Waals surface area contributed by atoms with E-state index in [1.165, 1.54) is 6.33 Å². The summed E-state index contributed by atoms with van der Waals surface area (Å²) in [5.74, 6) is 1.57. The van der Waals surface area contributed by atoms with Gasteiger partial charge in [-0.2, -0.15) is 5.10 Å². The van der Waals surface area contributed by atoms with E-state index in [2.05, 4.69) is 39.3 Å². The van der Waals surface area contributed by atoms with E-state index in [1.807, 2.05) is 12.3 Å². The molecular formula is C14H21N5O. The van der Waals surface area contributed by atoms with E-state index < -0.39 is 0 Å². The quantitative estimate of drug-likeness (QED) is 0.771. The number of nitrogens with one attached hydrogen (secondary N) is 2. The molecule has 2 aromatic rings. The van der Waals surface area contributed by atoms with Crippen molar-refractivity contribution in [1.82, 2.24) is 25.5 Å². The molecule has 0 saturated heterocycles. The van der Waals surface area contributed by atoms with Gasteiger partial charge in [0.15, 0.2) is 0 Å². The van der Waals surface area contributed by atoms with Gasteiger partial charge >= 0.3 is 0 Å². The van der Waals surface area contributed by atoms with Gasteiger partial charge in [-0.1, -0.05) is 13.8 Å². The number of H-pyrrole nitrogens is 1. The first-order valence-electron chi connectivity index (χ1n) is 7.01. The van der Waals surface area contributed by atoms with Crippen LogP contribution in [0.1, 0.15) is 44.1 Å². The Kier molecular flexibility index (Phi) is 5.49. The maximum absolute atomic E-state index is 5.63. The first-order chi connectivity index (χ1) is 9.85. The van der Waals surface area contributed by atoms with Crippen LogP contribution in [0.25, 0.3) is 0 Å². The lowest BCUT2D eigenvalue weighted by Crippen LogP contribution is -2.24. The molecule has 0 fully saturated rings. The van der Waals surface area contributed by atoms with Crippen LogP contribution >= 0.6 is 0 Å². The predicted octanol–water partition coefficient (Wildman–Crippen LogP) is 2.08. The van der Waals surface area contributed by atoms with Gasteiger partial charge in [-0.15, -0.1) is 0 Å². The molecule has 0 amide bonds. The van der Waals surface area contributed by atoms with Crippen molar-refractivity contribution >= 4 is 0 Å². The molecule has 0 aliphatic heterocycles. The Labute approximate surface area is 119 Å². The average Bonchev–Trinajstić information content (AvgIpc) is 3.00. The smallest absolute Gasteiger partial charge is 0.146 e. The number of hydrogen-bond donors (Lipinski definition) is 2. The first-order valence-corrected chi connectivity index (χ1v) is 7.01. The molecular weight excluding hydrogens is 254 g/mol. The lowest BCUT2D eigenvalue weighted by atomic mass is 10.1. The van der Waals surface area contributed by atoms with Gasteiger partial charge < -0.3 is 10.1 Å². The Morgan fingerprint density at radius 3 is 2.90 bits per heavy atom. The third-order valence-corrected chi connectivity index (χ3v) is 2.85. The van der Waals surface area contributed by atoms with Gasteiger partial charge in [-0.3, -0.25) is 10.1 Å². The summed E-state index contributed by atoms with van der Waals surface area (Å²) in [6.07, 6.45) is 7.10. The van der Waals surface area contributed by atoms with Crippen molar-refractivity contribution < 1.29 is 4.74 Å². The fourth-order valence-electron chi connectivity index (χ4n) is 1.91. The van der Waals surface area contributed by atoms with Crippen LogP contribution in [0.15, 0.2) is 24.8 Å². The molecule has 0 aliphatic rings. The zero-order chi connectivity index (χ0) is 14.2. The van der Waals surface area contributed by atoms with Crippen molar-refractivity contribution in [2.75, 3.05) is 13.2 Å². The summed E-state index contributed by atoms with van der Waals surface area (Å²) in [4.78, 5) is 8.49. The monoisotopic (exact) mass is 275 g/mol. The Hall–Kier alpha value is -1.95. The summed E-state index contributed by atoms with van der Waals surface area (Å²) in [6, 6.07) is 1.95. The van der Waals surface area contributed by atoms with Gasteiger partial charge in [-0.05, 0) is 31.0 Å². The minimum absolute atomic E-state index is 0.0462. The Morgan fingerprint density at radius 2 is 2.20 bits per heavy atom. The highest BCUT2D eigenvalue weighted by molar-refractivity contribution is 5.29. The zero-order valence-corrected chi connectivity index (χ0v) is 12.0. The van der Waals surface area contributed by atoms with E-state index in [0.29, 0.717) is 6.61 Å². The third-order valence-electron chi connectivity index (χ3n) is 2.85. The van der Waals surface area contributed by atoms with E-state index in [4.69, 9.17) is 4.74 Å². The van der Waals surface area contributed by atoms with Gasteiger partial charge in [-0.25, -0.2) is 4.98 Å². The molecule has 1 unspecified atom stereocenters. The summed E-state index contributed by atoms with van der Waals surface area (Å²) in [5.41, 5.74) is 1.02. The van der Waals surface area contributed by atoms with E-state index >= 15 is 0 Å². The lowest BCUT2D eigenvalue weighted by molar-refractivity contribution is 0.315. The fourth-order valence-corrected chi connectivity index (χ4v) is 1.91. The molecule has 0 bridgehead atoms. The summed E-state index contributed by atoms with van der Waals surface area (Å²) in [6.45, 7) is 5.80. The van der Waals surface area contributed by atoms with Crippen LogP contribution in [0.4, 0.5) is 0 Å². The van der Waals surface area contributed by atoms with Crippen LogP contribution in [-0.4, -0.2) is 33.3 Å². The molecule has 108 valence electrons. The van der Waals surface area contributed by atoms with E-state index in [1.54, 1.807) is 6.20 Å². The van der Waals surface area contributed by atoms with E-state index in [-0.39, 0.29) is 6.04 Å². The average molecular weight is 275 g/mol. The fraction of sp³-hybridized carbons (Fsp3) is 0.500. The maximum atomic E-state index is 5.63. The largest absolute Gasteiger partial charge is 0.492 e. The predicted molar refractivity (Wildman–Crippen MR) is 76.5 cm³/mol. The van der Waals surface area contributed by atoms with Crippen molar-refractivity contribution in [2.45, 2.75) is 32.7 Å². The minimum Gasteiger partial charge on any atom is -0.492 e. The van der Waals surface area contributed by atoms with Crippen LogP contribution in [0.3, 0.4) is 0 Å². The number of pyridine rings is 1. The van der Waals surface area contributed by atoms with Crippen LogP contribution in [0.2, 0.25) is 0 Å². The maximum Gasteiger partial charge on any atom is 0.146 e. The Balaban J connectivity index is 2.19. The molecule has 0 spiro atoms. The molecule has 2 rings (SSSR count). The topological polar surface area (TPSA) is 75.7 Å². The molecule has 0 radical (unpaired) electrons. The van der Waals surface area contributed by atoms with Gasteiger partial charge in [0.1, 0.15) is 17.9 Å². The molecule has 0 aliphatic carbocycles. The highest BCUT2D eigenvalue weighted by Gasteiger charge is 2.17. The number of nitrogens with zero attached hydrogens (tertiary/aromatic N) is 3. The highest BCUT2D eigenvalue weighted by atomic mass is 16.5. The standard InChI is InChI=1S/C14H21N5O/c1-3-5-16-13(14-17-10-18-19-14)11-7-12(9-15-8-11)20-6-4-2/h7-10,13,16H,3-6H2,1-2H3,(H,17,18,19). The van der Waals surface area contributed by atoms with Crippen molar-refractivity contribution in [3.63, 3.8) is 0 Å². The second-order valence-electron chi connectivity index (χ2n) is 4.56. The molecule has 0 saturated carbocycles. The van der Waals surface area contributed by atoms with Gasteiger partial charge in [0.25, 0.3) is 0 Å².